The Morgan fingerprint density at radius 2 is 2.04 bits per heavy atom. The lowest BCUT2D eigenvalue weighted by Gasteiger charge is -2.36. The SMILES string of the molecule is O=C(Cn1cnc2ccccc21)N[C@H]1CCCC[C@@H]1N1C(=O)CSC1=O. The molecular weight excluding hydrogens is 352 g/mol. The maximum atomic E-state index is 12.6. The van der Waals surface area contributed by atoms with E-state index in [1.165, 1.54) is 4.90 Å². The second-order valence-electron chi connectivity index (χ2n) is 6.71. The number of aromatic nitrogens is 2. The Bertz CT molecular complexity index is 849. The van der Waals surface area contributed by atoms with Crippen LogP contribution in [0.2, 0.25) is 0 Å². The third-order valence-electron chi connectivity index (χ3n) is 5.03. The van der Waals surface area contributed by atoms with Gasteiger partial charge in [0.1, 0.15) is 6.54 Å². The Kier molecular flexibility index (Phi) is 4.67. The second-order valence-corrected chi connectivity index (χ2v) is 7.63. The van der Waals surface area contributed by atoms with Crippen LogP contribution >= 0.6 is 11.8 Å². The van der Waals surface area contributed by atoms with Crippen molar-refractivity contribution in [1.82, 2.24) is 19.8 Å². The molecule has 0 bridgehead atoms. The summed E-state index contributed by atoms with van der Waals surface area (Å²) in [6.45, 7) is 0.167. The Morgan fingerprint density at radius 3 is 2.85 bits per heavy atom. The molecule has 3 amide bonds. The van der Waals surface area contributed by atoms with Gasteiger partial charge in [-0.05, 0) is 25.0 Å². The summed E-state index contributed by atoms with van der Waals surface area (Å²) in [7, 11) is 0. The largest absolute Gasteiger partial charge is 0.350 e. The molecular formula is C18H20N4O3S. The second kappa shape index (κ2) is 7.11. The van der Waals surface area contributed by atoms with E-state index in [2.05, 4.69) is 10.3 Å². The van der Waals surface area contributed by atoms with Crippen LogP contribution in [0.3, 0.4) is 0 Å². The van der Waals surface area contributed by atoms with Crippen molar-refractivity contribution in [3.05, 3.63) is 30.6 Å². The molecule has 4 rings (SSSR count). The summed E-state index contributed by atoms with van der Waals surface area (Å²) in [6.07, 6.45) is 5.14. The Hall–Kier alpha value is -2.35. The summed E-state index contributed by atoms with van der Waals surface area (Å²) in [5.41, 5.74) is 1.75. The molecule has 2 atom stereocenters. The molecule has 0 radical (unpaired) electrons. The van der Waals surface area contributed by atoms with Gasteiger partial charge in [-0.1, -0.05) is 36.7 Å². The lowest BCUT2D eigenvalue weighted by Crippen LogP contribution is -2.55. The van der Waals surface area contributed by atoms with Crippen molar-refractivity contribution in [2.24, 2.45) is 0 Å². The third kappa shape index (κ3) is 3.21. The average molecular weight is 372 g/mol. The fourth-order valence-corrected chi connectivity index (χ4v) is 4.58. The zero-order valence-corrected chi connectivity index (χ0v) is 15.1. The Balaban J connectivity index is 1.47. The van der Waals surface area contributed by atoms with Crippen LogP contribution in [0.1, 0.15) is 25.7 Å². The molecule has 8 heteroatoms. The molecule has 1 saturated heterocycles. The number of amides is 3. The smallest absolute Gasteiger partial charge is 0.289 e. The van der Waals surface area contributed by atoms with Crippen molar-refractivity contribution in [2.75, 3.05) is 5.75 Å². The lowest BCUT2D eigenvalue weighted by molar-refractivity contribution is -0.129. The molecule has 1 aliphatic carbocycles. The van der Waals surface area contributed by atoms with Gasteiger partial charge in [-0.25, -0.2) is 4.98 Å². The van der Waals surface area contributed by atoms with Crippen molar-refractivity contribution in [3.8, 4) is 0 Å². The van der Waals surface area contributed by atoms with Crippen molar-refractivity contribution < 1.29 is 14.4 Å². The quantitative estimate of drug-likeness (QED) is 0.889. The fourth-order valence-electron chi connectivity index (χ4n) is 3.82. The zero-order valence-electron chi connectivity index (χ0n) is 14.3. The standard InChI is InChI=1S/C18H20N4O3S/c23-16(9-21-11-19-12-5-1-3-7-14(12)21)20-13-6-2-4-8-15(13)22-17(24)10-26-18(22)25/h1,3,5,7,11,13,15H,2,4,6,8-10H2,(H,20,23)/t13-,15-/m0/s1. The van der Waals surface area contributed by atoms with Gasteiger partial charge in [0.05, 0.1) is 29.2 Å². The number of nitrogens with zero attached hydrogens (tertiary/aromatic N) is 3. The lowest BCUT2D eigenvalue weighted by atomic mass is 9.89. The van der Waals surface area contributed by atoms with Crippen LogP contribution in [0.25, 0.3) is 11.0 Å². The van der Waals surface area contributed by atoms with E-state index in [-0.39, 0.29) is 41.4 Å². The molecule has 136 valence electrons. The van der Waals surface area contributed by atoms with Crippen molar-refractivity contribution in [3.63, 3.8) is 0 Å². The molecule has 1 aromatic heterocycles. The molecule has 2 aromatic rings. The topological polar surface area (TPSA) is 84.3 Å². The van der Waals surface area contributed by atoms with E-state index in [1.54, 1.807) is 6.33 Å². The van der Waals surface area contributed by atoms with Gasteiger partial charge in [-0.15, -0.1) is 0 Å². The highest BCUT2D eigenvalue weighted by Gasteiger charge is 2.41. The number of carbonyl (C=O) groups is 3. The molecule has 1 saturated carbocycles. The van der Waals surface area contributed by atoms with Gasteiger partial charge >= 0.3 is 0 Å². The number of fused-ring (bicyclic) bond motifs is 1. The van der Waals surface area contributed by atoms with Gasteiger partial charge in [0.2, 0.25) is 11.8 Å². The average Bonchev–Trinajstić information content (AvgIpc) is 3.19. The predicted molar refractivity (Wildman–Crippen MR) is 98.6 cm³/mol. The summed E-state index contributed by atoms with van der Waals surface area (Å²) in [5.74, 6) is -0.0691. The van der Waals surface area contributed by atoms with E-state index in [0.717, 1.165) is 48.5 Å². The van der Waals surface area contributed by atoms with Gasteiger partial charge in [0.25, 0.3) is 5.24 Å². The molecule has 1 aliphatic heterocycles. The molecule has 26 heavy (non-hydrogen) atoms. The summed E-state index contributed by atoms with van der Waals surface area (Å²) in [4.78, 5) is 42.4. The number of nitrogens with one attached hydrogen (secondary N) is 1. The molecule has 7 nitrogen and oxygen atoms in total. The number of imide groups is 1. The summed E-state index contributed by atoms with van der Waals surface area (Å²) >= 11 is 1.05. The highest BCUT2D eigenvalue weighted by molar-refractivity contribution is 8.14. The highest BCUT2D eigenvalue weighted by Crippen LogP contribution is 2.30. The van der Waals surface area contributed by atoms with E-state index in [9.17, 15) is 14.4 Å². The number of carbonyl (C=O) groups excluding carboxylic acids is 3. The van der Waals surface area contributed by atoms with Gasteiger partial charge in [0, 0.05) is 6.04 Å². The molecule has 0 unspecified atom stereocenters. The first-order valence-electron chi connectivity index (χ1n) is 8.81. The van der Waals surface area contributed by atoms with E-state index in [1.807, 2.05) is 28.8 Å². The summed E-state index contributed by atoms with van der Waals surface area (Å²) in [6, 6.07) is 7.24. The number of thioether (sulfide) groups is 1. The monoisotopic (exact) mass is 372 g/mol. The normalized spacial score (nSPS) is 23.6. The maximum absolute atomic E-state index is 12.6. The minimum absolute atomic E-state index is 0.128. The van der Waals surface area contributed by atoms with Crippen LogP contribution in [0.15, 0.2) is 30.6 Å². The minimum Gasteiger partial charge on any atom is -0.350 e. The number of benzene rings is 1. The van der Waals surface area contributed by atoms with Gasteiger partial charge in [0.15, 0.2) is 0 Å². The molecule has 2 heterocycles. The first-order valence-corrected chi connectivity index (χ1v) is 9.80. The fraction of sp³-hybridized carbons (Fsp3) is 0.444. The van der Waals surface area contributed by atoms with E-state index in [4.69, 9.17) is 0 Å². The molecule has 1 N–H and O–H groups in total. The maximum Gasteiger partial charge on any atom is 0.289 e. The molecule has 2 fully saturated rings. The summed E-state index contributed by atoms with van der Waals surface area (Å²) in [5, 5.41) is 2.85. The highest BCUT2D eigenvalue weighted by atomic mass is 32.2. The molecule has 2 aliphatic rings. The van der Waals surface area contributed by atoms with E-state index >= 15 is 0 Å². The third-order valence-corrected chi connectivity index (χ3v) is 5.87. The van der Waals surface area contributed by atoms with Crippen LogP contribution in [0.5, 0.6) is 0 Å². The van der Waals surface area contributed by atoms with Gasteiger partial charge in [-0.2, -0.15) is 0 Å². The molecule has 0 spiro atoms. The van der Waals surface area contributed by atoms with Gasteiger partial charge in [-0.3, -0.25) is 19.3 Å². The van der Waals surface area contributed by atoms with Gasteiger partial charge < -0.3 is 9.88 Å². The first-order chi connectivity index (χ1) is 12.6. The van der Waals surface area contributed by atoms with Crippen LogP contribution < -0.4 is 5.32 Å². The van der Waals surface area contributed by atoms with Crippen molar-refractivity contribution >= 4 is 39.8 Å². The zero-order chi connectivity index (χ0) is 18.1. The predicted octanol–water partition coefficient (Wildman–Crippen LogP) is 2.16. The first kappa shape index (κ1) is 17.1. The van der Waals surface area contributed by atoms with E-state index in [0.29, 0.717) is 0 Å². The number of hydrogen-bond donors (Lipinski definition) is 1. The number of imidazole rings is 1. The molecule has 1 aromatic carbocycles. The number of hydrogen-bond acceptors (Lipinski definition) is 5. The van der Waals surface area contributed by atoms with Crippen molar-refractivity contribution in [2.45, 2.75) is 44.3 Å². The van der Waals surface area contributed by atoms with E-state index < -0.39 is 0 Å². The Labute approximate surface area is 155 Å². The van der Waals surface area contributed by atoms with Crippen molar-refractivity contribution in [1.29, 1.82) is 0 Å². The summed E-state index contributed by atoms with van der Waals surface area (Å²) < 4.78 is 1.81. The number of rotatable bonds is 4. The van der Waals surface area contributed by atoms with Crippen LogP contribution in [-0.4, -0.2) is 49.3 Å². The van der Waals surface area contributed by atoms with Crippen LogP contribution in [-0.2, 0) is 16.1 Å². The van der Waals surface area contributed by atoms with Crippen LogP contribution in [0.4, 0.5) is 4.79 Å². The number of para-hydroxylation sites is 2. The van der Waals surface area contributed by atoms with Crippen LogP contribution in [0, 0.1) is 0 Å². The minimum atomic E-state index is -0.234. The Morgan fingerprint density at radius 1 is 1.23 bits per heavy atom.